The smallest absolute Gasteiger partial charge is 0.0366 e. The molecule has 0 aliphatic carbocycles. The van der Waals surface area contributed by atoms with Crippen LogP contribution in [0.15, 0.2) is 30.3 Å². The molecule has 0 spiro atoms. The Balaban J connectivity index is 2.36. The van der Waals surface area contributed by atoms with Crippen molar-refractivity contribution in [3.05, 3.63) is 30.3 Å². The lowest BCUT2D eigenvalue weighted by molar-refractivity contribution is 0.656. The number of rotatable bonds is 7. The van der Waals surface area contributed by atoms with Crippen LogP contribution in [-0.4, -0.2) is 26.2 Å². The zero-order chi connectivity index (χ0) is 10.9. The first-order chi connectivity index (χ1) is 7.38. The van der Waals surface area contributed by atoms with Gasteiger partial charge in [0.2, 0.25) is 0 Å². The van der Waals surface area contributed by atoms with E-state index in [1.807, 2.05) is 0 Å². The second-order valence-electron chi connectivity index (χ2n) is 3.62. The molecule has 0 aliphatic heterocycles. The van der Waals surface area contributed by atoms with Gasteiger partial charge in [0.1, 0.15) is 0 Å². The zero-order valence-corrected chi connectivity index (χ0v) is 9.87. The summed E-state index contributed by atoms with van der Waals surface area (Å²) in [6.07, 6.45) is 1.20. The molecule has 0 unspecified atom stereocenters. The molecule has 1 aromatic carbocycles. The highest BCUT2D eigenvalue weighted by Crippen LogP contribution is 2.12. The average molecular weight is 206 g/mol. The highest BCUT2D eigenvalue weighted by atomic mass is 15.1. The third kappa shape index (κ3) is 4.34. The first-order valence-electron chi connectivity index (χ1n) is 5.89. The van der Waals surface area contributed by atoms with Crippen molar-refractivity contribution in [2.45, 2.75) is 20.3 Å². The lowest BCUT2D eigenvalue weighted by Crippen LogP contribution is -2.27. The van der Waals surface area contributed by atoms with Crippen molar-refractivity contribution in [2.75, 3.05) is 31.1 Å². The molecule has 0 saturated heterocycles. The number of benzene rings is 1. The molecule has 1 rings (SSSR count). The Hall–Kier alpha value is -1.02. The summed E-state index contributed by atoms with van der Waals surface area (Å²) in [5.74, 6) is 0. The molecule has 1 N–H and O–H groups in total. The molecular weight excluding hydrogens is 184 g/mol. The van der Waals surface area contributed by atoms with Crippen LogP contribution in [0, 0.1) is 0 Å². The van der Waals surface area contributed by atoms with Gasteiger partial charge in [-0.15, -0.1) is 0 Å². The van der Waals surface area contributed by atoms with Gasteiger partial charge in [-0.3, -0.25) is 0 Å². The SMILES string of the molecule is CCNCCCN(CC)c1ccccc1. The summed E-state index contributed by atoms with van der Waals surface area (Å²) in [5.41, 5.74) is 1.33. The summed E-state index contributed by atoms with van der Waals surface area (Å²) in [4.78, 5) is 2.41. The van der Waals surface area contributed by atoms with Crippen LogP contribution in [0.1, 0.15) is 20.3 Å². The van der Waals surface area contributed by atoms with Crippen molar-refractivity contribution in [2.24, 2.45) is 0 Å². The van der Waals surface area contributed by atoms with Gasteiger partial charge in [0, 0.05) is 18.8 Å². The lowest BCUT2D eigenvalue weighted by atomic mass is 10.2. The summed E-state index contributed by atoms with van der Waals surface area (Å²) in [5, 5.41) is 3.35. The van der Waals surface area contributed by atoms with Gasteiger partial charge in [-0.2, -0.15) is 0 Å². The van der Waals surface area contributed by atoms with E-state index in [1.165, 1.54) is 12.1 Å². The molecule has 15 heavy (non-hydrogen) atoms. The maximum atomic E-state index is 3.35. The van der Waals surface area contributed by atoms with E-state index >= 15 is 0 Å². The molecule has 0 bridgehead atoms. The van der Waals surface area contributed by atoms with Gasteiger partial charge in [0.05, 0.1) is 0 Å². The highest BCUT2D eigenvalue weighted by Gasteiger charge is 2.01. The molecule has 2 heteroatoms. The molecule has 0 aliphatic rings. The van der Waals surface area contributed by atoms with E-state index in [0.29, 0.717) is 0 Å². The minimum atomic E-state index is 1.07. The fourth-order valence-electron chi connectivity index (χ4n) is 1.68. The topological polar surface area (TPSA) is 15.3 Å². The minimum Gasteiger partial charge on any atom is -0.372 e. The molecule has 0 heterocycles. The maximum absolute atomic E-state index is 3.35. The van der Waals surface area contributed by atoms with Crippen LogP contribution in [0.3, 0.4) is 0 Å². The Morgan fingerprint density at radius 2 is 1.87 bits per heavy atom. The van der Waals surface area contributed by atoms with Crippen molar-refractivity contribution in [3.63, 3.8) is 0 Å². The standard InChI is InChI=1S/C13H22N2/c1-3-14-11-8-12-15(4-2)13-9-6-5-7-10-13/h5-7,9-10,14H,3-4,8,11-12H2,1-2H3. The van der Waals surface area contributed by atoms with E-state index in [1.54, 1.807) is 0 Å². The second kappa shape index (κ2) is 7.30. The molecule has 0 radical (unpaired) electrons. The number of nitrogens with zero attached hydrogens (tertiary/aromatic N) is 1. The Bertz CT molecular complexity index is 246. The van der Waals surface area contributed by atoms with Crippen molar-refractivity contribution in [3.8, 4) is 0 Å². The van der Waals surface area contributed by atoms with Crippen LogP contribution in [0.5, 0.6) is 0 Å². The zero-order valence-electron chi connectivity index (χ0n) is 9.87. The Morgan fingerprint density at radius 3 is 2.47 bits per heavy atom. The summed E-state index contributed by atoms with van der Waals surface area (Å²) in [7, 11) is 0. The molecule has 2 nitrogen and oxygen atoms in total. The summed E-state index contributed by atoms with van der Waals surface area (Å²) in [6.45, 7) is 8.75. The summed E-state index contributed by atoms with van der Waals surface area (Å²) in [6, 6.07) is 10.6. The monoisotopic (exact) mass is 206 g/mol. The van der Waals surface area contributed by atoms with Crippen LogP contribution >= 0.6 is 0 Å². The quantitative estimate of drug-likeness (QED) is 0.690. The van der Waals surface area contributed by atoms with E-state index < -0.39 is 0 Å². The predicted molar refractivity (Wildman–Crippen MR) is 67.5 cm³/mol. The predicted octanol–water partition coefficient (Wildman–Crippen LogP) is 2.51. The van der Waals surface area contributed by atoms with Crippen molar-refractivity contribution < 1.29 is 0 Å². The van der Waals surface area contributed by atoms with Crippen LogP contribution < -0.4 is 10.2 Å². The van der Waals surface area contributed by atoms with Crippen molar-refractivity contribution in [1.82, 2.24) is 5.32 Å². The molecule has 0 atom stereocenters. The fourth-order valence-corrected chi connectivity index (χ4v) is 1.68. The van der Waals surface area contributed by atoms with E-state index in [2.05, 4.69) is 54.4 Å². The second-order valence-corrected chi connectivity index (χ2v) is 3.62. The largest absolute Gasteiger partial charge is 0.372 e. The first kappa shape index (κ1) is 12.1. The third-order valence-electron chi connectivity index (χ3n) is 2.53. The van der Waals surface area contributed by atoms with Gasteiger partial charge in [-0.1, -0.05) is 25.1 Å². The number of anilines is 1. The van der Waals surface area contributed by atoms with Crippen LogP contribution in [-0.2, 0) is 0 Å². The van der Waals surface area contributed by atoms with Gasteiger partial charge < -0.3 is 10.2 Å². The third-order valence-corrected chi connectivity index (χ3v) is 2.53. The maximum Gasteiger partial charge on any atom is 0.0366 e. The lowest BCUT2D eigenvalue weighted by Gasteiger charge is -2.23. The number of hydrogen-bond donors (Lipinski definition) is 1. The van der Waals surface area contributed by atoms with Gasteiger partial charge >= 0.3 is 0 Å². The van der Waals surface area contributed by atoms with Crippen LogP contribution in [0.2, 0.25) is 0 Å². The van der Waals surface area contributed by atoms with Gasteiger partial charge in [-0.25, -0.2) is 0 Å². The molecule has 1 aromatic rings. The van der Waals surface area contributed by atoms with E-state index in [0.717, 1.165) is 26.2 Å². The Morgan fingerprint density at radius 1 is 1.13 bits per heavy atom. The fraction of sp³-hybridized carbons (Fsp3) is 0.538. The van der Waals surface area contributed by atoms with E-state index in [9.17, 15) is 0 Å². The van der Waals surface area contributed by atoms with Gasteiger partial charge in [-0.05, 0) is 38.6 Å². The molecule has 0 saturated carbocycles. The average Bonchev–Trinajstić information content (AvgIpc) is 2.30. The molecule has 84 valence electrons. The molecular formula is C13H22N2. The molecule has 0 aromatic heterocycles. The normalized spacial score (nSPS) is 10.3. The Labute approximate surface area is 93.3 Å². The summed E-state index contributed by atoms with van der Waals surface area (Å²) < 4.78 is 0. The number of hydrogen-bond acceptors (Lipinski definition) is 2. The van der Waals surface area contributed by atoms with Crippen molar-refractivity contribution in [1.29, 1.82) is 0 Å². The van der Waals surface area contributed by atoms with E-state index in [4.69, 9.17) is 0 Å². The highest BCUT2D eigenvalue weighted by molar-refractivity contribution is 5.45. The van der Waals surface area contributed by atoms with Crippen LogP contribution in [0.4, 0.5) is 5.69 Å². The van der Waals surface area contributed by atoms with Crippen molar-refractivity contribution >= 4 is 5.69 Å². The Kier molecular flexibility index (Phi) is 5.86. The molecule has 0 fully saturated rings. The molecule has 0 amide bonds. The van der Waals surface area contributed by atoms with Gasteiger partial charge in [0.25, 0.3) is 0 Å². The number of para-hydroxylation sites is 1. The minimum absolute atomic E-state index is 1.07. The van der Waals surface area contributed by atoms with E-state index in [-0.39, 0.29) is 0 Å². The first-order valence-corrected chi connectivity index (χ1v) is 5.89. The van der Waals surface area contributed by atoms with Crippen LogP contribution in [0.25, 0.3) is 0 Å². The number of nitrogens with one attached hydrogen (secondary N) is 1. The summed E-state index contributed by atoms with van der Waals surface area (Å²) >= 11 is 0. The van der Waals surface area contributed by atoms with Gasteiger partial charge in [0.15, 0.2) is 0 Å².